The molecule has 19 heavy (non-hydrogen) atoms. The number of hydrogen-bond acceptors (Lipinski definition) is 2. The number of piperidine rings is 1. The Morgan fingerprint density at radius 1 is 1.26 bits per heavy atom. The van der Waals surface area contributed by atoms with Crippen molar-refractivity contribution < 1.29 is 9.59 Å². The zero-order valence-corrected chi connectivity index (χ0v) is 10.4. The summed E-state index contributed by atoms with van der Waals surface area (Å²) in [5, 5.41) is 3.64. The van der Waals surface area contributed by atoms with Crippen molar-refractivity contribution in [2.45, 2.75) is 12.8 Å². The maximum absolute atomic E-state index is 12.3. The number of aromatic nitrogens is 1. The second-order valence-corrected chi connectivity index (χ2v) is 4.64. The second kappa shape index (κ2) is 4.72. The maximum Gasteiger partial charge on any atom is 0.247 e. The van der Waals surface area contributed by atoms with Crippen molar-refractivity contribution in [2.24, 2.45) is 0 Å². The fourth-order valence-corrected chi connectivity index (χ4v) is 2.36. The molecule has 3 rings (SSSR count). The Balaban J connectivity index is 1.96. The predicted octanol–water partition coefficient (Wildman–Crippen LogP) is 2.19. The van der Waals surface area contributed by atoms with Gasteiger partial charge >= 0.3 is 0 Å². The zero-order chi connectivity index (χ0) is 13.2. The molecule has 1 fully saturated rings. The average Bonchev–Trinajstić information content (AvgIpc) is 2.85. The Morgan fingerprint density at radius 2 is 2.11 bits per heavy atom. The fourth-order valence-electron chi connectivity index (χ4n) is 2.36. The zero-order valence-electron chi connectivity index (χ0n) is 10.4. The molecule has 96 valence electrons. The summed E-state index contributed by atoms with van der Waals surface area (Å²) in [7, 11) is 0. The van der Waals surface area contributed by atoms with E-state index in [1.807, 2.05) is 24.3 Å². The van der Waals surface area contributed by atoms with Crippen LogP contribution in [0.25, 0.3) is 10.9 Å². The van der Waals surface area contributed by atoms with Crippen LogP contribution in [0.4, 0.5) is 0 Å². The molecule has 1 saturated heterocycles. The van der Waals surface area contributed by atoms with Gasteiger partial charge in [-0.1, -0.05) is 18.2 Å². The van der Waals surface area contributed by atoms with Crippen LogP contribution in [-0.4, -0.2) is 23.2 Å². The molecule has 0 radical (unpaired) electrons. The lowest BCUT2D eigenvalue weighted by Gasteiger charge is -2.14. The lowest BCUT2D eigenvalue weighted by atomic mass is 10.0. The van der Waals surface area contributed by atoms with Crippen molar-refractivity contribution in [1.82, 2.24) is 10.3 Å². The van der Waals surface area contributed by atoms with Gasteiger partial charge in [-0.2, -0.15) is 0 Å². The fraction of sp³-hybridized carbons (Fsp3) is 0.200. The quantitative estimate of drug-likeness (QED) is 0.637. The highest BCUT2D eigenvalue weighted by Gasteiger charge is 2.17. The summed E-state index contributed by atoms with van der Waals surface area (Å²) in [5.41, 5.74) is 2.11. The van der Waals surface area contributed by atoms with E-state index in [2.05, 4.69) is 10.3 Å². The van der Waals surface area contributed by atoms with Crippen molar-refractivity contribution in [3.63, 3.8) is 0 Å². The Hall–Kier alpha value is -2.36. The standard InChI is InChI=1S/C15H14N2O2/c18-14(8-10-4-3-7-16-15(10)19)12-9-17-13-6-2-1-5-11(12)13/h1-2,5-6,8-9,17H,3-4,7H2,(H,16,19)/b10-8+. The van der Waals surface area contributed by atoms with E-state index in [0.717, 1.165) is 17.3 Å². The lowest BCUT2D eigenvalue weighted by molar-refractivity contribution is -0.118. The summed E-state index contributed by atoms with van der Waals surface area (Å²) in [6, 6.07) is 7.64. The number of benzene rings is 1. The SMILES string of the molecule is O=C1NCCC/C1=C\C(=O)c1c[nH]c2ccccc12. The third kappa shape index (κ3) is 2.17. The highest BCUT2D eigenvalue weighted by Crippen LogP contribution is 2.20. The first-order chi connectivity index (χ1) is 9.25. The molecule has 1 aliphatic heterocycles. The van der Waals surface area contributed by atoms with E-state index in [1.165, 1.54) is 6.08 Å². The number of hydrogen-bond donors (Lipinski definition) is 2. The molecule has 4 heteroatoms. The van der Waals surface area contributed by atoms with Crippen LogP contribution >= 0.6 is 0 Å². The van der Waals surface area contributed by atoms with Gasteiger partial charge in [0.05, 0.1) is 0 Å². The molecular weight excluding hydrogens is 240 g/mol. The average molecular weight is 254 g/mol. The number of rotatable bonds is 2. The number of carbonyl (C=O) groups is 2. The van der Waals surface area contributed by atoms with Crippen molar-refractivity contribution in [3.05, 3.63) is 47.7 Å². The summed E-state index contributed by atoms with van der Waals surface area (Å²) in [4.78, 5) is 26.9. The molecule has 0 unspecified atom stereocenters. The van der Waals surface area contributed by atoms with Crippen LogP contribution < -0.4 is 5.32 Å². The molecule has 1 aliphatic rings. The van der Waals surface area contributed by atoms with E-state index < -0.39 is 0 Å². The largest absolute Gasteiger partial charge is 0.360 e. The smallest absolute Gasteiger partial charge is 0.247 e. The highest BCUT2D eigenvalue weighted by molar-refractivity contribution is 6.15. The molecule has 1 amide bonds. The van der Waals surface area contributed by atoms with Crippen molar-refractivity contribution in [1.29, 1.82) is 0 Å². The number of amides is 1. The van der Waals surface area contributed by atoms with Gasteiger partial charge in [0.1, 0.15) is 0 Å². The van der Waals surface area contributed by atoms with E-state index in [-0.39, 0.29) is 11.7 Å². The molecule has 0 aliphatic carbocycles. The van der Waals surface area contributed by atoms with Crippen molar-refractivity contribution in [3.8, 4) is 0 Å². The highest BCUT2D eigenvalue weighted by atomic mass is 16.2. The molecule has 2 N–H and O–H groups in total. The molecular formula is C15H14N2O2. The number of aromatic amines is 1. The maximum atomic E-state index is 12.3. The van der Waals surface area contributed by atoms with Crippen LogP contribution in [0.3, 0.4) is 0 Å². The number of allylic oxidation sites excluding steroid dienone is 1. The van der Waals surface area contributed by atoms with Gasteiger partial charge in [-0.15, -0.1) is 0 Å². The van der Waals surface area contributed by atoms with Gasteiger partial charge in [0, 0.05) is 34.8 Å². The lowest BCUT2D eigenvalue weighted by Crippen LogP contribution is -2.31. The molecule has 1 aromatic heterocycles. The Bertz CT molecular complexity index is 682. The van der Waals surface area contributed by atoms with E-state index in [9.17, 15) is 9.59 Å². The van der Waals surface area contributed by atoms with Gasteiger partial charge in [-0.05, 0) is 25.0 Å². The minimum atomic E-state index is -0.126. The topological polar surface area (TPSA) is 62.0 Å². The first-order valence-corrected chi connectivity index (χ1v) is 6.35. The number of carbonyl (C=O) groups excluding carboxylic acids is 2. The second-order valence-electron chi connectivity index (χ2n) is 4.64. The molecule has 2 heterocycles. The van der Waals surface area contributed by atoms with Crippen LogP contribution in [0.15, 0.2) is 42.1 Å². The van der Waals surface area contributed by atoms with E-state index in [4.69, 9.17) is 0 Å². The molecule has 0 spiro atoms. The van der Waals surface area contributed by atoms with Gasteiger partial charge < -0.3 is 10.3 Å². The third-order valence-corrected chi connectivity index (χ3v) is 3.36. The van der Waals surface area contributed by atoms with Gasteiger partial charge in [-0.3, -0.25) is 9.59 Å². The Labute approximate surface area is 110 Å². The number of fused-ring (bicyclic) bond motifs is 1. The first kappa shape index (κ1) is 11.7. The third-order valence-electron chi connectivity index (χ3n) is 3.36. The van der Waals surface area contributed by atoms with Gasteiger partial charge in [0.2, 0.25) is 5.91 Å². The Kier molecular flexibility index (Phi) is 2.91. The van der Waals surface area contributed by atoms with Gasteiger partial charge in [0.25, 0.3) is 0 Å². The first-order valence-electron chi connectivity index (χ1n) is 6.35. The molecule has 0 saturated carbocycles. The van der Waals surface area contributed by atoms with Crippen LogP contribution in [0, 0.1) is 0 Å². The number of para-hydroxylation sites is 1. The number of H-pyrrole nitrogens is 1. The minimum Gasteiger partial charge on any atom is -0.360 e. The summed E-state index contributed by atoms with van der Waals surface area (Å²) in [6.45, 7) is 0.692. The number of ketones is 1. The van der Waals surface area contributed by atoms with Crippen LogP contribution in [0.1, 0.15) is 23.2 Å². The van der Waals surface area contributed by atoms with Gasteiger partial charge in [0.15, 0.2) is 5.78 Å². The minimum absolute atomic E-state index is 0.121. The molecule has 2 aromatic rings. The summed E-state index contributed by atoms with van der Waals surface area (Å²) >= 11 is 0. The monoisotopic (exact) mass is 254 g/mol. The Morgan fingerprint density at radius 3 is 2.95 bits per heavy atom. The van der Waals surface area contributed by atoms with Crippen LogP contribution in [0.2, 0.25) is 0 Å². The molecule has 1 aromatic carbocycles. The summed E-state index contributed by atoms with van der Waals surface area (Å²) in [6.07, 6.45) is 4.72. The summed E-state index contributed by atoms with van der Waals surface area (Å²) < 4.78 is 0. The molecule has 0 bridgehead atoms. The van der Waals surface area contributed by atoms with E-state index in [1.54, 1.807) is 6.20 Å². The normalized spacial score (nSPS) is 17.7. The predicted molar refractivity (Wildman–Crippen MR) is 73.0 cm³/mol. The van der Waals surface area contributed by atoms with Gasteiger partial charge in [-0.25, -0.2) is 0 Å². The van der Waals surface area contributed by atoms with Crippen LogP contribution in [0.5, 0.6) is 0 Å². The molecule has 0 atom stereocenters. The molecule has 4 nitrogen and oxygen atoms in total. The number of nitrogens with one attached hydrogen (secondary N) is 2. The summed E-state index contributed by atoms with van der Waals surface area (Å²) in [5.74, 6) is -0.246. The van der Waals surface area contributed by atoms with E-state index >= 15 is 0 Å². The van der Waals surface area contributed by atoms with E-state index in [0.29, 0.717) is 24.1 Å². The van der Waals surface area contributed by atoms with Crippen molar-refractivity contribution >= 4 is 22.6 Å². The van der Waals surface area contributed by atoms with Crippen LogP contribution in [-0.2, 0) is 4.79 Å². The van der Waals surface area contributed by atoms with Crippen molar-refractivity contribution in [2.75, 3.05) is 6.54 Å².